The molecule has 8 heteroatoms. The number of aliphatic carboxylic acids is 1. The summed E-state index contributed by atoms with van der Waals surface area (Å²) in [6.07, 6.45) is 0. The molecule has 0 aliphatic carbocycles. The van der Waals surface area contributed by atoms with E-state index in [9.17, 15) is 13.2 Å². The predicted molar refractivity (Wildman–Crippen MR) is 62.2 cm³/mol. The van der Waals surface area contributed by atoms with Crippen molar-refractivity contribution in [2.45, 2.75) is 9.77 Å². The summed E-state index contributed by atoms with van der Waals surface area (Å²) in [6.45, 7) is -0.739. The molecule has 5 N–H and O–H groups in total. The van der Waals surface area contributed by atoms with Crippen LogP contribution in [0.1, 0.15) is 0 Å². The molecule has 0 amide bonds. The molecular formula is C9H11ClN2O4S. The Balaban J connectivity index is 3.43. The van der Waals surface area contributed by atoms with Gasteiger partial charge in [0.25, 0.3) is 0 Å². The van der Waals surface area contributed by atoms with Crippen molar-refractivity contribution in [1.82, 2.24) is 0 Å². The molecule has 0 fully saturated rings. The highest BCUT2D eigenvalue weighted by Crippen LogP contribution is 2.23. The van der Waals surface area contributed by atoms with Crippen LogP contribution >= 0.6 is 11.6 Å². The van der Waals surface area contributed by atoms with Crippen LogP contribution in [0.15, 0.2) is 29.2 Å². The van der Waals surface area contributed by atoms with Crippen molar-refractivity contribution in [1.29, 1.82) is 0 Å². The van der Waals surface area contributed by atoms with Crippen LogP contribution < -0.4 is 11.5 Å². The number of rotatable bonds is 4. The van der Waals surface area contributed by atoms with Gasteiger partial charge in [0, 0.05) is 11.6 Å². The third-order valence-electron chi connectivity index (χ3n) is 2.25. The maximum Gasteiger partial charge on any atom is 0.341 e. The molecule has 0 heterocycles. The van der Waals surface area contributed by atoms with Gasteiger partial charge in [0.05, 0.1) is 4.90 Å². The lowest BCUT2D eigenvalue weighted by Crippen LogP contribution is -2.59. The van der Waals surface area contributed by atoms with Crippen molar-refractivity contribution < 1.29 is 18.3 Å². The first-order valence-corrected chi connectivity index (χ1v) is 6.34. The number of carboxylic acid groups (broad SMARTS) is 1. The third-order valence-corrected chi connectivity index (χ3v) is 4.66. The Morgan fingerprint density at radius 2 is 2.06 bits per heavy atom. The molecule has 1 aromatic carbocycles. The summed E-state index contributed by atoms with van der Waals surface area (Å²) >= 11 is 5.64. The average Bonchev–Trinajstić information content (AvgIpc) is 2.27. The zero-order valence-corrected chi connectivity index (χ0v) is 10.2. The van der Waals surface area contributed by atoms with Gasteiger partial charge in [-0.15, -0.1) is 0 Å². The average molecular weight is 279 g/mol. The van der Waals surface area contributed by atoms with E-state index in [1.165, 1.54) is 18.2 Å². The number of hydrogen-bond acceptors (Lipinski definition) is 5. The van der Waals surface area contributed by atoms with E-state index in [1.807, 2.05) is 0 Å². The summed E-state index contributed by atoms with van der Waals surface area (Å²) in [5, 5.41) is 9.04. The molecule has 0 aliphatic heterocycles. The van der Waals surface area contributed by atoms with Crippen LogP contribution in [0.2, 0.25) is 5.02 Å². The van der Waals surface area contributed by atoms with Crippen molar-refractivity contribution in [3.8, 4) is 0 Å². The second-order valence-electron chi connectivity index (χ2n) is 3.36. The number of benzene rings is 1. The monoisotopic (exact) mass is 278 g/mol. The van der Waals surface area contributed by atoms with Crippen molar-refractivity contribution in [3.05, 3.63) is 29.3 Å². The molecule has 1 unspecified atom stereocenters. The van der Waals surface area contributed by atoms with E-state index in [2.05, 4.69) is 0 Å². The van der Waals surface area contributed by atoms with Gasteiger partial charge in [0.15, 0.2) is 0 Å². The quantitative estimate of drug-likeness (QED) is 0.701. The second-order valence-corrected chi connectivity index (χ2v) is 6.00. The summed E-state index contributed by atoms with van der Waals surface area (Å²) < 4.78 is 24.1. The Morgan fingerprint density at radius 1 is 1.47 bits per heavy atom. The van der Waals surface area contributed by atoms with Crippen molar-refractivity contribution >= 4 is 27.4 Å². The number of carboxylic acids is 1. The molecule has 17 heavy (non-hydrogen) atoms. The van der Waals surface area contributed by atoms with E-state index in [4.69, 9.17) is 28.2 Å². The third kappa shape index (κ3) is 2.27. The van der Waals surface area contributed by atoms with Crippen LogP contribution in [0.5, 0.6) is 0 Å². The van der Waals surface area contributed by atoms with Gasteiger partial charge in [-0.1, -0.05) is 17.7 Å². The Hall–Kier alpha value is -1.15. The van der Waals surface area contributed by atoms with Gasteiger partial charge in [-0.05, 0) is 18.2 Å². The minimum atomic E-state index is -4.30. The van der Waals surface area contributed by atoms with Gasteiger partial charge in [-0.25, -0.2) is 13.2 Å². The minimum absolute atomic E-state index is 0.163. The molecule has 0 bridgehead atoms. The molecular weight excluding hydrogens is 268 g/mol. The molecule has 0 aromatic heterocycles. The largest absolute Gasteiger partial charge is 0.479 e. The molecule has 1 aromatic rings. The smallest absolute Gasteiger partial charge is 0.341 e. The maximum atomic E-state index is 12.0. The molecule has 6 nitrogen and oxygen atoms in total. The molecule has 0 saturated carbocycles. The van der Waals surface area contributed by atoms with E-state index in [-0.39, 0.29) is 9.92 Å². The van der Waals surface area contributed by atoms with E-state index in [0.717, 1.165) is 6.07 Å². The summed E-state index contributed by atoms with van der Waals surface area (Å²) in [5.74, 6) is -1.71. The van der Waals surface area contributed by atoms with Gasteiger partial charge in [-0.3, -0.25) is 0 Å². The Kier molecular flexibility index (Phi) is 3.78. The SMILES string of the molecule is NCC(N)(C(=O)O)S(=O)(=O)c1cccc(Cl)c1. The minimum Gasteiger partial charge on any atom is -0.479 e. The first-order valence-electron chi connectivity index (χ1n) is 4.48. The van der Waals surface area contributed by atoms with E-state index < -0.39 is 27.2 Å². The normalized spacial score (nSPS) is 15.2. The summed E-state index contributed by atoms with van der Waals surface area (Å²) in [5.41, 5.74) is 10.5. The van der Waals surface area contributed by atoms with Gasteiger partial charge in [0.2, 0.25) is 14.7 Å². The summed E-state index contributed by atoms with van der Waals surface area (Å²) in [4.78, 5) is 8.10. The van der Waals surface area contributed by atoms with Gasteiger partial charge in [-0.2, -0.15) is 0 Å². The van der Waals surface area contributed by atoms with Gasteiger partial charge >= 0.3 is 5.97 Å². The van der Waals surface area contributed by atoms with Crippen molar-refractivity contribution in [3.63, 3.8) is 0 Å². The molecule has 0 radical (unpaired) electrons. The van der Waals surface area contributed by atoms with E-state index >= 15 is 0 Å². The highest BCUT2D eigenvalue weighted by Gasteiger charge is 2.47. The van der Waals surface area contributed by atoms with Crippen molar-refractivity contribution in [2.24, 2.45) is 11.5 Å². The Morgan fingerprint density at radius 3 is 2.47 bits per heavy atom. The van der Waals surface area contributed by atoms with Crippen molar-refractivity contribution in [2.75, 3.05) is 6.54 Å². The van der Waals surface area contributed by atoms with Gasteiger partial charge < -0.3 is 16.6 Å². The van der Waals surface area contributed by atoms with E-state index in [0.29, 0.717) is 0 Å². The topological polar surface area (TPSA) is 123 Å². The number of sulfone groups is 1. The molecule has 0 saturated heterocycles. The molecule has 0 spiro atoms. The Labute approximate surface area is 103 Å². The zero-order chi connectivity index (χ0) is 13.3. The number of nitrogens with two attached hydrogens (primary N) is 2. The fraction of sp³-hybridized carbons (Fsp3) is 0.222. The van der Waals surface area contributed by atoms with Crippen LogP contribution in [-0.2, 0) is 14.6 Å². The van der Waals surface area contributed by atoms with E-state index in [1.54, 1.807) is 0 Å². The molecule has 1 atom stereocenters. The number of halogens is 1. The standard InChI is InChI=1S/C9H11ClN2O4S/c10-6-2-1-3-7(4-6)17(15,16)9(12,5-11)8(13)14/h1-4H,5,11-12H2,(H,13,14). The molecule has 94 valence electrons. The predicted octanol–water partition coefficient (Wildman–Crippen LogP) is -0.188. The summed E-state index contributed by atoms with van der Waals surface area (Å²) in [7, 11) is -4.30. The van der Waals surface area contributed by atoms with Crippen LogP contribution in [-0.4, -0.2) is 30.9 Å². The van der Waals surface area contributed by atoms with Crippen LogP contribution in [0.25, 0.3) is 0 Å². The van der Waals surface area contributed by atoms with Crippen LogP contribution in [0, 0.1) is 0 Å². The zero-order valence-electron chi connectivity index (χ0n) is 8.63. The first-order chi connectivity index (χ1) is 7.75. The van der Waals surface area contributed by atoms with Crippen LogP contribution in [0.4, 0.5) is 0 Å². The lowest BCUT2D eigenvalue weighted by molar-refractivity contribution is -0.139. The summed E-state index contributed by atoms with van der Waals surface area (Å²) in [6, 6.07) is 5.18. The maximum absolute atomic E-state index is 12.0. The fourth-order valence-corrected chi connectivity index (χ4v) is 2.82. The number of carbonyl (C=O) groups is 1. The van der Waals surface area contributed by atoms with Gasteiger partial charge in [0.1, 0.15) is 0 Å². The number of hydrogen-bond donors (Lipinski definition) is 3. The fourth-order valence-electron chi connectivity index (χ4n) is 1.16. The first kappa shape index (κ1) is 13.9. The second kappa shape index (κ2) is 4.61. The lowest BCUT2D eigenvalue weighted by Gasteiger charge is -2.22. The highest BCUT2D eigenvalue weighted by atomic mass is 35.5. The highest BCUT2D eigenvalue weighted by molar-refractivity contribution is 7.93. The van der Waals surface area contributed by atoms with Crippen LogP contribution in [0.3, 0.4) is 0 Å². The molecule has 0 aliphatic rings. The Bertz CT molecular complexity index is 546. The molecule has 1 rings (SSSR count). The lowest BCUT2D eigenvalue weighted by atomic mass is 10.3.